The molecule has 0 aliphatic heterocycles. The van der Waals surface area contributed by atoms with Gasteiger partial charge < -0.3 is 0 Å². The van der Waals surface area contributed by atoms with E-state index in [2.05, 4.69) is 154 Å². The van der Waals surface area contributed by atoms with Crippen LogP contribution in [0, 0.1) is 44.5 Å². The number of rotatable bonds is 8. The van der Waals surface area contributed by atoms with Gasteiger partial charge in [0.05, 0.1) is 5.41 Å². The van der Waals surface area contributed by atoms with Gasteiger partial charge in [0, 0.05) is 0 Å². The highest BCUT2D eigenvalue weighted by molar-refractivity contribution is 5.88. The van der Waals surface area contributed by atoms with Gasteiger partial charge in [0.2, 0.25) is 0 Å². The Morgan fingerprint density at radius 3 is 1.67 bits per heavy atom. The molecule has 0 aliphatic carbocycles. The average molecular weight is 583 g/mol. The van der Waals surface area contributed by atoms with Crippen molar-refractivity contribution in [3.8, 4) is 25.2 Å². The summed E-state index contributed by atoms with van der Waals surface area (Å²) in [6, 6.07) is 17.3. The van der Waals surface area contributed by atoms with Gasteiger partial charge in [-0.2, -0.15) is 0 Å². The van der Waals surface area contributed by atoms with E-state index < -0.39 is 5.41 Å². The maximum absolute atomic E-state index is 6.12. The lowest BCUT2D eigenvalue weighted by molar-refractivity contribution is 0.620. The molecular weight excluding hydrogens is 516 g/mol. The highest BCUT2D eigenvalue weighted by Gasteiger charge is 2.28. The molecule has 0 unspecified atom stereocenters. The van der Waals surface area contributed by atoms with Gasteiger partial charge in [0.15, 0.2) is 0 Å². The van der Waals surface area contributed by atoms with Crippen LogP contribution in [0.1, 0.15) is 132 Å². The van der Waals surface area contributed by atoms with E-state index in [1.165, 1.54) is 51.8 Å². The van der Waals surface area contributed by atoms with Gasteiger partial charge in [-0.05, 0) is 81.4 Å². The van der Waals surface area contributed by atoms with E-state index in [1.807, 2.05) is 41.5 Å². The fraction of sp³-hybridized carbons (Fsp3) is 0.442. The first-order valence-corrected chi connectivity index (χ1v) is 16.4. The zero-order valence-electron chi connectivity index (χ0n) is 30.8. The van der Waals surface area contributed by atoms with E-state index in [4.69, 9.17) is 6.42 Å². The number of terminal acetylenes is 2. The molecule has 0 spiro atoms. The highest BCUT2D eigenvalue weighted by Crippen LogP contribution is 2.42. The molecule has 0 aliphatic rings. The second-order valence-corrected chi connectivity index (χ2v) is 9.50. The molecule has 43 heavy (non-hydrogen) atoms. The number of aryl methyl sites for hydroxylation is 2. The van der Waals surface area contributed by atoms with E-state index in [9.17, 15) is 0 Å². The molecule has 0 heteroatoms. The number of benzene rings is 2. The van der Waals surface area contributed by atoms with Crippen molar-refractivity contribution in [2.24, 2.45) is 5.41 Å². The summed E-state index contributed by atoms with van der Waals surface area (Å²) in [5.74, 6) is 3.08. The van der Waals surface area contributed by atoms with Crippen LogP contribution in [0.2, 0.25) is 0 Å². The van der Waals surface area contributed by atoms with E-state index in [0.29, 0.717) is 0 Å². The van der Waals surface area contributed by atoms with E-state index in [-0.39, 0.29) is 0 Å². The van der Waals surface area contributed by atoms with Gasteiger partial charge in [-0.3, -0.25) is 0 Å². The lowest BCUT2D eigenvalue weighted by Gasteiger charge is -2.29. The van der Waals surface area contributed by atoms with Crippen LogP contribution in [0.5, 0.6) is 0 Å². The summed E-state index contributed by atoms with van der Waals surface area (Å²) in [6.07, 6.45) is 26.6. The lowest BCUT2D eigenvalue weighted by atomic mass is 9.74. The molecule has 0 saturated carbocycles. The molecule has 0 fully saturated rings. The molecule has 238 valence electrons. The molecule has 0 atom stereocenters. The summed E-state index contributed by atoms with van der Waals surface area (Å²) in [6.45, 7) is 31.3. The topological polar surface area (TPSA) is 0 Å². The average Bonchev–Trinajstić information content (AvgIpc) is 3.08. The Bertz CT molecular complexity index is 1130. The molecule has 0 nitrogen and oxygen atoms in total. The SMILES string of the molecule is C#C.C#CC(C)(C)C(=C(/c1ccccc1)c1cc(C)ccc1C)/C(/C=C/C(=C/C)CC)=C/C.CC.CC.CC.CCCC. The number of allylic oxidation sites excluding steroid dienone is 7. The molecule has 0 aromatic heterocycles. The maximum Gasteiger partial charge on any atom is 0.0516 e. The van der Waals surface area contributed by atoms with Crippen LogP contribution in [0.4, 0.5) is 0 Å². The van der Waals surface area contributed by atoms with Crippen molar-refractivity contribution in [2.75, 3.05) is 0 Å². The summed E-state index contributed by atoms with van der Waals surface area (Å²) >= 11 is 0. The predicted molar refractivity (Wildman–Crippen MR) is 202 cm³/mol. The molecule has 2 aromatic carbocycles. The second-order valence-electron chi connectivity index (χ2n) is 9.50. The van der Waals surface area contributed by atoms with Crippen LogP contribution in [0.15, 0.2) is 89.6 Å². The Kier molecular flexibility index (Phi) is 32.4. The standard InChI is InChI=1S/C31H36.C4H10.3C2H6.C2H2/c1-9-25(10-2)20-21-26(11-3)30(31(7,8)12-4)29(27-16-14-13-15-17-27)28-22-23(5)18-19-24(28)6;1-3-4-2;4*1-2/h4,9,11,13-22H,10H2,1-3,5-8H3;3-4H2,1-2H3;3*1-2H3;1-2H/b21-20+,25-9+,26-11+,30-29-;;;;;. The minimum absolute atomic E-state index is 0.449. The van der Waals surface area contributed by atoms with Gasteiger partial charge >= 0.3 is 0 Å². The Labute approximate surface area is 270 Å². The van der Waals surface area contributed by atoms with Crippen LogP contribution in [-0.2, 0) is 0 Å². The Balaban J connectivity index is -0.000000554. The Morgan fingerprint density at radius 1 is 0.767 bits per heavy atom. The third-order valence-corrected chi connectivity index (χ3v) is 6.32. The first-order valence-electron chi connectivity index (χ1n) is 16.4. The minimum atomic E-state index is -0.449. The molecule has 0 radical (unpaired) electrons. The largest absolute Gasteiger partial charge is 0.124 e. The fourth-order valence-electron chi connectivity index (χ4n) is 3.87. The summed E-state index contributed by atoms with van der Waals surface area (Å²) in [5, 5.41) is 0. The van der Waals surface area contributed by atoms with Crippen LogP contribution < -0.4 is 0 Å². The summed E-state index contributed by atoms with van der Waals surface area (Å²) in [4.78, 5) is 0. The highest BCUT2D eigenvalue weighted by atomic mass is 14.3. The molecule has 0 bridgehead atoms. The molecule has 2 rings (SSSR count). The van der Waals surface area contributed by atoms with E-state index in [1.54, 1.807) is 0 Å². The zero-order chi connectivity index (χ0) is 34.4. The van der Waals surface area contributed by atoms with Crippen LogP contribution in [0.25, 0.3) is 5.57 Å². The molecule has 2 aromatic rings. The van der Waals surface area contributed by atoms with Crippen molar-refractivity contribution in [3.63, 3.8) is 0 Å². The molecular formula is C43H66. The molecule has 0 N–H and O–H groups in total. The van der Waals surface area contributed by atoms with Crippen molar-refractivity contribution < 1.29 is 0 Å². The van der Waals surface area contributed by atoms with Gasteiger partial charge in [0.1, 0.15) is 0 Å². The Morgan fingerprint density at radius 2 is 1.28 bits per heavy atom. The van der Waals surface area contributed by atoms with Gasteiger partial charge in [-0.15, -0.1) is 19.3 Å². The van der Waals surface area contributed by atoms with Crippen LogP contribution >= 0.6 is 0 Å². The predicted octanol–water partition coefficient (Wildman–Crippen LogP) is 13.8. The van der Waals surface area contributed by atoms with Gasteiger partial charge in [-0.25, -0.2) is 0 Å². The molecule has 0 amide bonds. The van der Waals surface area contributed by atoms with Crippen molar-refractivity contribution in [1.82, 2.24) is 0 Å². The first kappa shape index (κ1) is 46.5. The normalized spacial score (nSPS) is 11.2. The minimum Gasteiger partial charge on any atom is -0.124 e. The van der Waals surface area contributed by atoms with Crippen molar-refractivity contribution >= 4 is 5.57 Å². The maximum atomic E-state index is 6.12. The quantitative estimate of drug-likeness (QED) is 0.214. The van der Waals surface area contributed by atoms with Crippen LogP contribution in [0.3, 0.4) is 0 Å². The van der Waals surface area contributed by atoms with E-state index in [0.717, 1.165) is 12.0 Å². The smallest absolute Gasteiger partial charge is 0.0516 e. The third kappa shape index (κ3) is 17.3. The fourth-order valence-corrected chi connectivity index (χ4v) is 3.87. The number of unbranched alkanes of at least 4 members (excludes halogenated alkanes) is 1. The molecule has 0 saturated heterocycles. The van der Waals surface area contributed by atoms with Crippen molar-refractivity contribution in [2.45, 2.75) is 123 Å². The van der Waals surface area contributed by atoms with Crippen molar-refractivity contribution in [3.05, 3.63) is 112 Å². The third-order valence-electron chi connectivity index (χ3n) is 6.32. The number of hydrogen-bond acceptors (Lipinski definition) is 0. The van der Waals surface area contributed by atoms with Gasteiger partial charge in [0.25, 0.3) is 0 Å². The van der Waals surface area contributed by atoms with Crippen LogP contribution in [-0.4, -0.2) is 0 Å². The monoisotopic (exact) mass is 583 g/mol. The van der Waals surface area contributed by atoms with Gasteiger partial charge in [-0.1, -0.05) is 165 Å². The summed E-state index contributed by atoms with van der Waals surface area (Å²) in [5.41, 5.74) is 9.32. The van der Waals surface area contributed by atoms with E-state index >= 15 is 0 Å². The second kappa shape index (κ2) is 30.0. The van der Waals surface area contributed by atoms with Crippen molar-refractivity contribution in [1.29, 1.82) is 0 Å². The summed E-state index contributed by atoms with van der Waals surface area (Å²) in [7, 11) is 0. The Hall–Kier alpha value is -3.48. The first-order chi connectivity index (χ1) is 20.7. The lowest BCUT2D eigenvalue weighted by Crippen LogP contribution is -2.17. The number of hydrogen-bond donors (Lipinski definition) is 0. The summed E-state index contributed by atoms with van der Waals surface area (Å²) < 4.78 is 0. The zero-order valence-corrected chi connectivity index (χ0v) is 30.8. The molecule has 0 heterocycles.